The predicted octanol–water partition coefficient (Wildman–Crippen LogP) is 4.01. The van der Waals surface area contributed by atoms with Gasteiger partial charge < -0.3 is 10.8 Å². The van der Waals surface area contributed by atoms with E-state index in [1.54, 1.807) is 20.1 Å². The van der Waals surface area contributed by atoms with E-state index in [1.807, 2.05) is 62.6 Å². The average molecular weight is 519 g/mol. The van der Waals surface area contributed by atoms with Crippen molar-refractivity contribution in [3.8, 4) is 17.0 Å². The maximum absolute atomic E-state index is 13.9. The normalized spacial score (nSPS) is 13.8. The van der Waals surface area contributed by atoms with Crippen LogP contribution >= 0.6 is 0 Å². The first-order chi connectivity index (χ1) is 18.9. The molecule has 0 spiro atoms. The van der Waals surface area contributed by atoms with Crippen LogP contribution in [0, 0.1) is 6.92 Å². The van der Waals surface area contributed by atoms with E-state index in [2.05, 4.69) is 9.97 Å². The number of rotatable bonds is 4. The van der Waals surface area contributed by atoms with Crippen LogP contribution in [0.4, 0.5) is 5.82 Å². The zero-order valence-corrected chi connectivity index (χ0v) is 21.5. The molecule has 0 amide bonds. The Morgan fingerprint density at radius 2 is 1.79 bits per heavy atom. The second-order valence-electron chi connectivity index (χ2n) is 9.99. The molecular formula is C29H26N8O2. The Morgan fingerprint density at radius 1 is 1.00 bits per heavy atom. The molecule has 1 atom stereocenters. The fourth-order valence-corrected chi connectivity index (χ4v) is 5.83. The van der Waals surface area contributed by atoms with Gasteiger partial charge in [0.2, 0.25) is 0 Å². The molecule has 1 aliphatic carbocycles. The summed E-state index contributed by atoms with van der Waals surface area (Å²) in [5, 5.41) is 16.7. The minimum Gasteiger partial charge on any atom is -0.508 e. The van der Waals surface area contributed by atoms with Crippen LogP contribution in [0.1, 0.15) is 41.9 Å². The number of phenolic OH excluding ortho intramolecular Hbond substituents is 1. The molecule has 1 aliphatic rings. The molecule has 0 bridgehead atoms. The molecule has 4 heterocycles. The first kappa shape index (κ1) is 23.2. The highest BCUT2D eigenvalue weighted by molar-refractivity contribution is 5.99. The van der Waals surface area contributed by atoms with Crippen molar-refractivity contribution in [2.75, 3.05) is 5.73 Å². The van der Waals surface area contributed by atoms with E-state index in [0.29, 0.717) is 45.0 Å². The highest BCUT2D eigenvalue weighted by atomic mass is 16.3. The Labute approximate surface area is 223 Å². The van der Waals surface area contributed by atoms with Crippen molar-refractivity contribution >= 4 is 27.8 Å². The van der Waals surface area contributed by atoms with Gasteiger partial charge in [-0.25, -0.2) is 19.6 Å². The van der Waals surface area contributed by atoms with Crippen molar-refractivity contribution in [1.82, 2.24) is 34.1 Å². The van der Waals surface area contributed by atoms with Crippen molar-refractivity contribution in [2.24, 2.45) is 0 Å². The van der Waals surface area contributed by atoms with Crippen molar-refractivity contribution in [2.45, 2.75) is 39.2 Å². The van der Waals surface area contributed by atoms with Gasteiger partial charge in [0.25, 0.3) is 5.56 Å². The second kappa shape index (κ2) is 8.52. The first-order valence-corrected chi connectivity index (χ1v) is 12.9. The third kappa shape index (κ3) is 3.37. The van der Waals surface area contributed by atoms with Gasteiger partial charge in [-0.05, 0) is 80.1 Å². The molecule has 10 nitrogen and oxygen atoms in total. The number of nitrogens with two attached hydrogens (primary N) is 1. The number of phenols is 1. The summed E-state index contributed by atoms with van der Waals surface area (Å²) in [5.74, 6) is 1.12. The highest BCUT2D eigenvalue weighted by Crippen LogP contribution is 2.40. The summed E-state index contributed by atoms with van der Waals surface area (Å²) in [6.45, 7) is 3.86. The highest BCUT2D eigenvalue weighted by Gasteiger charge is 2.28. The van der Waals surface area contributed by atoms with E-state index in [-0.39, 0.29) is 5.56 Å². The molecule has 0 saturated heterocycles. The molecule has 39 heavy (non-hydrogen) atoms. The Balaban J connectivity index is 1.51. The van der Waals surface area contributed by atoms with Crippen molar-refractivity contribution in [1.29, 1.82) is 0 Å². The number of fused-ring (bicyclic) bond motifs is 3. The molecule has 4 aromatic heterocycles. The van der Waals surface area contributed by atoms with E-state index >= 15 is 0 Å². The van der Waals surface area contributed by atoms with E-state index in [0.717, 1.165) is 41.5 Å². The monoisotopic (exact) mass is 518 g/mol. The smallest absolute Gasteiger partial charge is 0.281 e. The van der Waals surface area contributed by atoms with E-state index in [1.165, 1.54) is 6.33 Å². The average Bonchev–Trinajstić information content (AvgIpc) is 3.69. The zero-order valence-electron chi connectivity index (χ0n) is 21.5. The number of aryl methyl sites for hydroxylation is 1. The topological polar surface area (TPSA) is 130 Å². The molecule has 0 fully saturated rings. The Morgan fingerprint density at radius 3 is 2.62 bits per heavy atom. The number of hydrogen-bond acceptors (Lipinski definition) is 7. The fraction of sp³-hybridized carbons (Fsp3) is 0.207. The maximum atomic E-state index is 13.9. The molecule has 1 unspecified atom stereocenters. The lowest BCUT2D eigenvalue weighted by molar-refractivity contribution is 0.469. The van der Waals surface area contributed by atoms with E-state index < -0.39 is 6.04 Å². The van der Waals surface area contributed by atoms with Gasteiger partial charge in [0.15, 0.2) is 11.5 Å². The van der Waals surface area contributed by atoms with Crippen LogP contribution < -0.4 is 11.3 Å². The third-order valence-electron chi connectivity index (χ3n) is 7.70. The number of nitrogen functional groups attached to an aromatic ring is 1. The van der Waals surface area contributed by atoms with Crippen molar-refractivity contribution in [3.05, 3.63) is 94.1 Å². The summed E-state index contributed by atoms with van der Waals surface area (Å²) < 4.78 is 5.08. The van der Waals surface area contributed by atoms with E-state index in [4.69, 9.17) is 15.8 Å². The zero-order chi connectivity index (χ0) is 26.8. The minimum absolute atomic E-state index is 0.168. The summed E-state index contributed by atoms with van der Waals surface area (Å²) in [6.07, 6.45) is 7.68. The number of anilines is 1. The molecule has 0 radical (unpaired) electrons. The lowest BCUT2D eigenvalue weighted by atomic mass is 9.98. The quantitative estimate of drug-likeness (QED) is 0.361. The molecule has 10 heteroatoms. The Bertz CT molecular complexity index is 1970. The Hall–Kier alpha value is -4.99. The van der Waals surface area contributed by atoms with Crippen LogP contribution in [-0.2, 0) is 12.8 Å². The van der Waals surface area contributed by atoms with Gasteiger partial charge in [-0.2, -0.15) is 9.77 Å². The van der Waals surface area contributed by atoms with Gasteiger partial charge >= 0.3 is 0 Å². The summed E-state index contributed by atoms with van der Waals surface area (Å²) in [4.78, 5) is 27.7. The fourth-order valence-electron chi connectivity index (χ4n) is 5.83. The molecule has 194 valence electrons. The molecule has 7 rings (SSSR count). The molecule has 3 N–H and O–H groups in total. The summed E-state index contributed by atoms with van der Waals surface area (Å²) in [5.41, 5.74) is 11.8. The standard InChI is InChI=1S/C29H26N8O2/c1-16-7-5-10-21-23(16)29(39)37(35-13-3-4-14-35)27(33-21)17(2)36-28-24(26(30)31-15-32-28)25(34-36)20-11-12-22(38)19-9-6-8-18(19)20/h3-5,7,10-15,17,38H,6,8-9H2,1-2H3,(H2,30,31,32). The number of benzene rings is 2. The van der Waals surface area contributed by atoms with Crippen LogP contribution in [0.3, 0.4) is 0 Å². The number of aromatic nitrogens is 7. The van der Waals surface area contributed by atoms with Gasteiger partial charge in [-0.15, -0.1) is 0 Å². The molecule has 2 aromatic carbocycles. The van der Waals surface area contributed by atoms with Crippen molar-refractivity contribution < 1.29 is 5.11 Å². The largest absolute Gasteiger partial charge is 0.508 e. The van der Waals surface area contributed by atoms with Crippen LogP contribution in [0.5, 0.6) is 5.75 Å². The third-order valence-corrected chi connectivity index (χ3v) is 7.70. The van der Waals surface area contributed by atoms with Crippen LogP contribution in [0.2, 0.25) is 0 Å². The summed E-state index contributed by atoms with van der Waals surface area (Å²) >= 11 is 0. The molecular weight excluding hydrogens is 492 g/mol. The van der Waals surface area contributed by atoms with Crippen LogP contribution in [0.15, 0.2) is 66.0 Å². The second-order valence-corrected chi connectivity index (χ2v) is 9.99. The van der Waals surface area contributed by atoms with Gasteiger partial charge in [0.1, 0.15) is 29.6 Å². The molecule has 6 aromatic rings. The Kier molecular flexibility index (Phi) is 5.06. The number of hydrogen-bond donors (Lipinski definition) is 2. The summed E-state index contributed by atoms with van der Waals surface area (Å²) in [7, 11) is 0. The van der Waals surface area contributed by atoms with Gasteiger partial charge in [0, 0.05) is 18.0 Å². The van der Waals surface area contributed by atoms with Gasteiger partial charge in [0.05, 0.1) is 16.3 Å². The van der Waals surface area contributed by atoms with E-state index in [9.17, 15) is 9.90 Å². The van der Waals surface area contributed by atoms with Gasteiger partial charge in [-0.1, -0.05) is 12.1 Å². The molecule has 0 saturated carbocycles. The SMILES string of the molecule is Cc1cccc2nc(C(C)n3nc(-c4ccc(O)c5c4CCC5)c4c(N)ncnc43)n(-n3cccc3)c(=O)c12. The van der Waals surface area contributed by atoms with Crippen LogP contribution in [-0.4, -0.2) is 39.2 Å². The minimum atomic E-state index is -0.499. The predicted molar refractivity (Wildman–Crippen MR) is 149 cm³/mol. The number of nitrogens with zero attached hydrogens (tertiary/aromatic N) is 7. The lowest BCUT2D eigenvalue weighted by Gasteiger charge is -2.20. The summed E-state index contributed by atoms with van der Waals surface area (Å²) in [6, 6.07) is 12.5. The molecule has 0 aliphatic heterocycles. The first-order valence-electron chi connectivity index (χ1n) is 12.9. The number of aromatic hydroxyl groups is 1. The lowest BCUT2D eigenvalue weighted by Crippen LogP contribution is -2.32. The van der Waals surface area contributed by atoms with Crippen LogP contribution in [0.25, 0.3) is 33.2 Å². The van der Waals surface area contributed by atoms with Gasteiger partial charge in [-0.3, -0.25) is 9.47 Å². The van der Waals surface area contributed by atoms with Crippen molar-refractivity contribution in [3.63, 3.8) is 0 Å². The maximum Gasteiger partial charge on any atom is 0.281 e.